The van der Waals surface area contributed by atoms with E-state index in [1.807, 2.05) is 18.2 Å². The van der Waals surface area contributed by atoms with Gasteiger partial charge in [0.2, 0.25) is 6.17 Å². The predicted octanol–water partition coefficient (Wildman–Crippen LogP) is 1.94. The number of nitrogens with one attached hydrogen (secondary N) is 1. The molecule has 1 aromatic heterocycles. The molecule has 1 amide bonds. The number of aromatic nitrogens is 2. The Labute approximate surface area is 118 Å². The number of carbonyl (C=O) groups is 1. The summed E-state index contributed by atoms with van der Waals surface area (Å²) >= 11 is 2.16. The van der Waals surface area contributed by atoms with Crippen molar-refractivity contribution in [2.24, 2.45) is 0 Å². The summed E-state index contributed by atoms with van der Waals surface area (Å²) in [5.74, 6) is -0.298. The summed E-state index contributed by atoms with van der Waals surface area (Å²) < 4.78 is 2.44. The molecule has 1 heterocycles. The Hall–Kier alpha value is -1.88. The van der Waals surface area contributed by atoms with Gasteiger partial charge >= 0.3 is 0 Å². The number of hydrogen-bond donors (Lipinski definition) is 1. The minimum Gasteiger partial charge on any atom is -0.318 e. The van der Waals surface area contributed by atoms with Crippen molar-refractivity contribution in [2.75, 3.05) is 0 Å². The number of amides is 1. The number of nitriles is 1. The molecule has 2 aromatic rings. The highest BCUT2D eigenvalue weighted by molar-refractivity contribution is 14.1. The van der Waals surface area contributed by atoms with Gasteiger partial charge in [-0.2, -0.15) is 10.4 Å². The Balaban J connectivity index is 2.11. The van der Waals surface area contributed by atoms with Crippen molar-refractivity contribution in [1.29, 1.82) is 5.26 Å². The summed E-state index contributed by atoms with van der Waals surface area (Å²) in [4.78, 5) is 11.9. The van der Waals surface area contributed by atoms with E-state index in [2.05, 4.69) is 33.0 Å². The lowest BCUT2D eigenvalue weighted by molar-refractivity contribution is 0.0930. The molecule has 1 aromatic carbocycles. The molecule has 0 spiro atoms. The van der Waals surface area contributed by atoms with E-state index in [9.17, 15) is 4.79 Å². The van der Waals surface area contributed by atoms with E-state index < -0.39 is 6.17 Å². The molecule has 2 rings (SSSR count). The maximum atomic E-state index is 11.9. The van der Waals surface area contributed by atoms with Gasteiger partial charge in [-0.1, -0.05) is 0 Å². The van der Waals surface area contributed by atoms with Crippen LogP contribution in [0.5, 0.6) is 0 Å². The van der Waals surface area contributed by atoms with Crippen LogP contribution in [0.2, 0.25) is 0 Å². The van der Waals surface area contributed by atoms with Crippen LogP contribution in [-0.2, 0) is 0 Å². The Kier molecular flexibility index (Phi) is 3.94. The first-order valence-electron chi connectivity index (χ1n) is 5.16. The highest BCUT2D eigenvalue weighted by atomic mass is 127. The minimum absolute atomic E-state index is 0.298. The van der Waals surface area contributed by atoms with Crippen molar-refractivity contribution in [2.45, 2.75) is 6.17 Å². The van der Waals surface area contributed by atoms with Crippen molar-refractivity contribution < 1.29 is 4.79 Å². The SMILES string of the molecule is N#CC(NC(=O)c1ccc(I)cc1)n1cccn1. The Morgan fingerprint density at radius 1 is 1.44 bits per heavy atom. The van der Waals surface area contributed by atoms with E-state index >= 15 is 0 Å². The summed E-state index contributed by atoms with van der Waals surface area (Å²) in [5, 5.41) is 15.5. The number of hydrogen-bond acceptors (Lipinski definition) is 3. The van der Waals surface area contributed by atoms with Crippen LogP contribution < -0.4 is 5.32 Å². The first-order valence-corrected chi connectivity index (χ1v) is 6.24. The van der Waals surface area contributed by atoms with Crippen LogP contribution in [0.15, 0.2) is 42.7 Å². The van der Waals surface area contributed by atoms with Gasteiger partial charge in [0, 0.05) is 21.5 Å². The van der Waals surface area contributed by atoms with Gasteiger partial charge in [-0.05, 0) is 52.9 Å². The number of benzene rings is 1. The van der Waals surface area contributed by atoms with E-state index in [4.69, 9.17) is 5.26 Å². The molecule has 0 saturated heterocycles. The molecule has 0 aliphatic rings. The summed E-state index contributed by atoms with van der Waals surface area (Å²) in [7, 11) is 0. The molecule has 18 heavy (non-hydrogen) atoms. The van der Waals surface area contributed by atoms with Gasteiger partial charge in [-0.3, -0.25) is 4.79 Å². The number of rotatable bonds is 3. The average molecular weight is 352 g/mol. The normalized spacial score (nSPS) is 11.6. The average Bonchev–Trinajstić information content (AvgIpc) is 2.90. The second-order valence-corrected chi connectivity index (χ2v) is 4.74. The fourth-order valence-electron chi connectivity index (χ4n) is 1.40. The van der Waals surface area contributed by atoms with Gasteiger partial charge in [-0.15, -0.1) is 0 Å². The summed E-state index contributed by atoms with van der Waals surface area (Å²) in [5.41, 5.74) is 0.517. The van der Waals surface area contributed by atoms with Gasteiger partial charge in [0.1, 0.15) is 6.07 Å². The summed E-state index contributed by atoms with van der Waals surface area (Å²) in [6.07, 6.45) is 2.38. The Morgan fingerprint density at radius 2 is 2.17 bits per heavy atom. The molecular formula is C12H9IN4O. The lowest BCUT2D eigenvalue weighted by atomic mass is 10.2. The molecular weight excluding hydrogens is 343 g/mol. The van der Waals surface area contributed by atoms with Crippen LogP contribution >= 0.6 is 22.6 Å². The predicted molar refractivity (Wildman–Crippen MR) is 73.5 cm³/mol. The standard InChI is InChI=1S/C12H9IN4O/c13-10-4-2-9(3-5-10)12(18)16-11(8-14)17-7-1-6-15-17/h1-7,11H,(H,16,18). The fraction of sp³-hybridized carbons (Fsp3) is 0.0833. The molecule has 1 unspecified atom stereocenters. The van der Waals surface area contributed by atoms with Crippen LogP contribution in [0.3, 0.4) is 0 Å². The Morgan fingerprint density at radius 3 is 2.72 bits per heavy atom. The first kappa shape index (κ1) is 12.6. The molecule has 0 aliphatic heterocycles. The van der Waals surface area contributed by atoms with Crippen LogP contribution in [0.4, 0.5) is 0 Å². The van der Waals surface area contributed by atoms with Crippen LogP contribution in [0.25, 0.3) is 0 Å². The number of nitrogens with zero attached hydrogens (tertiary/aromatic N) is 3. The maximum Gasteiger partial charge on any atom is 0.253 e. The largest absolute Gasteiger partial charge is 0.318 e. The highest BCUT2D eigenvalue weighted by Crippen LogP contribution is 2.08. The van der Waals surface area contributed by atoms with Crippen molar-refractivity contribution in [3.05, 3.63) is 51.9 Å². The topological polar surface area (TPSA) is 70.7 Å². The van der Waals surface area contributed by atoms with Crippen LogP contribution in [0.1, 0.15) is 16.5 Å². The van der Waals surface area contributed by atoms with Gasteiger partial charge in [0.05, 0.1) is 0 Å². The molecule has 0 radical (unpaired) electrons. The molecule has 0 saturated carbocycles. The smallest absolute Gasteiger partial charge is 0.253 e. The molecule has 90 valence electrons. The molecule has 5 nitrogen and oxygen atoms in total. The van der Waals surface area contributed by atoms with Gasteiger partial charge in [-0.25, -0.2) is 4.68 Å². The molecule has 1 N–H and O–H groups in total. The van der Waals surface area contributed by atoms with E-state index in [1.165, 1.54) is 4.68 Å². The summed E-state index contributed by atoms with van der Waals surface area (Å²) in [6, 6.07) is 10.8. The van der Waals surface area contributed by atoms with Gasteiger partial charge in [0.25, 0.3) is 5.91 Å². The van der Waals surface area contributed by atoms with E-state index in [0.717, 1.165) is 3.57 Å². The first-order chi connectivity index (χ1) is 8.70. The fourth-order valence-corrected chi connectivity index (χ4v) is 1.76. The number of halogens is 1. The van der Waals surface area contributed by atoms with Crippen molar-refractivity contribution >= 4 is 28.5 Å². The molecule has 6 heteroatoms. The van der Waals surface area contributed by atoms with Crippen molar-refractivity contribution in [1.82, 2.24) is 15.1 Å². The number of carbonyl (C=O) groups excluding carboxylic acids is 1. The molecule has 0 bridgehead atoms. The third-order valence-corrected chi connectivity index (χ3v) is 3.01. The lowest BCUT2D eigenvalue weighted by Crippen LogP contribution is -2.31. The minimum atomic E-state index is -0.799. The quantitative estimate of drug-likeness (QED) is 0.859. The lowest BCUT2D eigenvalue weighted by Gasteiger charge is -2.11. The molecule has 0 aliphatic carbocycles. The van der Waals surface area contributed by atoms with E-state index in [0.29, 0.717) is 5.56 Å². The monoisotopic (exact) mass is 352 g/mol. The summed E-state index contributed by atoms with van der Waals surface area (Å²) in [6.45, 7) is 0. The van der Waals surface area contributed by atoms with E-state index in [1.54, 1.807) is 30.6 Å². The molecule has 0 fully saturated rings. The highest BCUT2D eigenvalue weighted by Gasteiger charge is 2.14. The zero-order valence-corrected chi connectivity index (χ0v) is 11.4. The Bertz CT molecular complexity index is 571. The van der Waals surface area contributed by atoms with Crippen LogP contribution in [0, 0.1) is 14.9 Å². The third kappa shape index (κ3) is 2.87. The van der Waals surface area contributed by atoms with Crippen molar-refractivity contribution in [3.8, 4) is 6.07 Å². The second kappa shape index (κ2) is 5.64. The van der Waals surface area contributed by atoms with Crippen LogP contribution in [-0.4, -0.2) is 15.7 Å². The zero-order valence-electron chi connectivity index (χ0n) is 9.25. The molecule has 1 atom stereocenters. The van der Waals surface area contributed by atoms with E-state index in [-0.39, 0.29) is 5.91 Å². The van der Waals surface area contributed by atoms with Gasteiger partial charge in [0.15, 0.2) is 0 Å². The third-order valence-electron chi connectivity index (χ3n) is 2.29. The maximum absolute atomic E-state index is 11.9. The van der Waals surface area contributed by atoms with Gasteiger partial charge < -0.3 is 5.32 Å². The van der Waals surface area contributed by atoms with Crippen molar-refractivity contribution in [3.63, 3.8) is 0 Å². The zero-order chi connectivity index (χ0) is 13.0. The second-order valence-electron chi connectivity index (χ2n) is 3.50.